The molecular formula is C24H27N7O2. The maximum absolute atomic E-state index is 9.89. The molecule has 4 rings (SSSR count). The number of aliphatic hydroxyl groups excluding tert-OH is 2. The largest absolute Gasteiger partial charge is 0.394 e. The van der Waals surface area contributed by atoms with Gasteiger partial charge in [-0.2, -0.15) is 9.97 Å². The van der Waals surface area contributed by atoms with Crippen LogP contribution in [0.3, 0.4) is 0 Å². The van der Waals surface area contributed by atoms with Crippen LogP contribution >= 0.6 is 0 Å². The molecule has 170 valence electrons. The summed E-state index contributed by atoms with van der Waals surface area (Å²) in [5.74, 6) is 0.817. The van der Waals surface area contributed by atoms with E-state index in [2.05, 4.69) is 37.1 Å². The molecule has 3 heterocycles. The van der Waals surface area contributed by atoms with E-state index in [1.54, 1.807) is 24.0 Å². The second-order valence-electron chi connectivity index (χ2n) is 7.86. The average molecular weight is 446 g/mol. The van der Waals surface area contributed by atoms with Crippen molar-refractivity contribution in [2.45, 2.75) is 32.5 Å². The van der Waals surface area contributed by atoms with Crippen molar-refractivity contribution in [3.8, 4) is 11.3 Å². The molecule has 9 nitrogen and oxygen atoms in total. The summed E-state index contributed by atoms with van der Waals surface area (Å²) in [6.07, 6.45) is 2.64. The zero-order valence-corrected chi connectivity index (χ0v) is 18.6. The minimum absolute atomic E-state index is 0.260. The maximum atomic E-state index is 9.89. The molecule has 0 aliphatic rings. The van der Waals surface area contributed by atoms with Crippen LogP contribution in [0.4, 0.5) is 11.8 Å². The van der Waals surface area contributed by atoms with Gasteiger partial charge in [-0.05, 0) is 31.5 Å². The monoisotopic (exact) mass is 445 g/mol. The first-order valence-electron chi connectivity index (χ1n) is 10.7. The van der Waals surface area contributed by atoms with Crippen LogP contribution in [0.2, 0.25) is 0 Å². The molecule has 4 aromatic rings. The van der Waals surface area contributed by atoms with E-state index < -0.39 is 12.1 Å². The summed E-state index contributed by atoms with van der Waals surface area (Å²) in [5, 5.41) is 25.8. The number of hydrogen-bond acceptors (Lipinski definition) is 8. The Kier molecular flexibility index (Phi) is 6.62. The van der Waals surface area contributed by atoms with Gasteiger partial charge in [-0.3, -0.25) is 9.55 Å². The molecule has 0 aliphatic heterocycles. The molecule has 0 unspecified atom stereocenters. The molecule has 0 bridgehead atoms. The predicted octanol–water partition coefficient (Wildman–Crippen LogP) is 3.14. The van der Waals surface area contributed by atoms with Gasteiger partial charge in [-0.15, -0.1) is 0 Å². The highest BCUT2D eigenvalue weighted by Gasteiger charge is 2.18. The van der Waals surface area contributed by atoms with Crippen molar-refractivity contribution in [2.75, 3.05) is 17.2 Å². The van der Waals surface area contributed by atoms with Crippen LogP contribution in [-0.4, -0.2) is 53.5 Å². The van der Waals surface area contributed by atoms with Crippen molar-refractivity contribution < 1.29 is 10.2 Å². The Morgan fingerprint density at radius 2 is 1.91 bits per heavy atom. The van der Waals surface area contributed by atoms with E-state index >= 15 is 0 Å². The van der Waals surface area contributed by atoms with Crippen LogP contribution in [-0.2, 0) is 6.54 Å². The van der Waals surface area contributed by atoms with E-state index in [1.165, 1.54) is 0 Å². The number of nitrogens with one attached hydrogen (secondary N) is 2. The number of hydrogen-bond donors (Lipinski definition) is 4. The zero-order chi connectivity index (χ0) is 23.4. The Morgan fingerprint density at radius 3 is 2.55 bits per heavy atom. The highest BCUT2D eigenvalue weighted by molar-refractivity contribution is 5.86. The Bertz CT molecular complexity index is 1240. The summed E-state index contributed by atoms with van der Waals surface area (Å²) in [5.41, 5.74) is 4.97. The Hall–Kier alpha value is -3.82. The van der Waals surface area contributed by atoms with Crippen molar-refractivity contribution in [3.05, 3.63) is 67.1 Å². The van der Waals surface area contributed by atoms with E-state index in [9.17, 15) is 10.2 Å². The lowest BCUT2D eigenvalue weighted by Crippen LogP contribution is -2.35. The third-order valence-corrected chi connectivity index (χ3v) is 5.28. The summed E-state index contributed by atoms with van der Waals surface area (Å²) in [6.45, 7) is 7.69. The lowest BCUT2D eigenvalue weighted by atomic mass is 10.1. The van der Waals surface area contributed by atoms with Crippen molar-refractivity contribution in [3.63, 3.8) is 0 Å². The fourth-order valence-corrected chi connectivity index (χ4v) is 3.36. The van der Waals surface area contributed by atoms with Crippen molar-refractivity contribution >= 4 is 28.6 Å². The fourth-order valence-electron chi connectivity index (χ4n) is 3.36. The molecule has 0 aliphatic carbocycles. The zero-order valence-electron chi connectivity index (χ0n) is 18.6. The molecule has 1 aromatic carbocycles. The van der Waals surface area contributed by atoms with E-state index in [0.717, 1.165) is 22.5 Å². The molecule has 0 radical (unpaired) electrons. The van der Waals surface area contributed by atoms with E-state index in [4.69, 9.17) is 0 Å². The summed E-state index contributed by atoms with van der Waals surface area (Å²) < 4.78 is 1.77. The highest BCUT2D eigenvalue weighted by Crippen LogP contribution is 2.24. The smallest absolute Gasteiger partial charge is 0.227 e. The highest BCUT2D eigenvalue weighted by atomic mass is 16.3. The number of anilines is 2. The van der Waals surface area contributed by atoms with Gasteiger partial charge in [0.05, 0.1) is 24.4 Å². The van der Waals surface area contributed by atoms with Gasteiger partial charge in [-0.1, -0.05) is 36.9 Å². The van der Waals surface area contributed by atoms with Gasteiger partial charge in [0.2, 0.25) is 5.95 Å². The molecule has 0 saturated carbocycles. The minimum atomic E-state index is -0.783. The van der Waals surface area contributed by atoms with Gasteiger partial charge >= 0.3 is 0 Å². The van der Waals surface area contributed by atoms with Crippen LogP contribution in [0, 0.1) is 0 Å². The molecule has 3 aromatic heterocycles. The van der Waals surface area contributed by atoms with Gasteiger partial charge in [0.25, 0.3) is 0 Å². The number of imidazole rings is 1. The molecule has 2 atom stereocenters. The van der Waals surface area contributed by atoms with Crippen LogP contribution < -0.4 is 10.6 Å². The summed E-state index contributed by atoms with van der Waals surface area (Å²) in [7, 11) is 0. The molecule has 33 heavy (non-hydrogen) atoms. The van der Waals surface area contributed by atoms with E-state index in [-0.39, 0.29) is 12.6 Å². The molecule has 0 fully saturated rings. The van der Waals surface area contributed by atoms with Crippen LogP contribution in [0.15, 0.2) is 61.6 Å². The topological polar surface area (TPSA) is 121 Å². The maximum Gasteiger partial charge on any atom is 0.227 e. The SMILES string of the molecule is C=C(C)n1cnc2c(NCc3ccc(-c4ccccn4)cc3)nc(N[C@H](CO)[C@@H](C)O)nc21. The van der Waals surface area contributed by atoms with Gasteiger partial charge in [-0.25, -0.2) is 4.98 Å². The van der Waals surface area contributed by atoms with Crippen molar-refractivity contribution in [1.82, 2.24) is 24.5 Å². The normalized spacial score (nSPS) is 13.0. The van der Waals surface area contributed by atoms with Gasteiger partial charge in [0.1, 0.15) is 6.33 Å². The number of allylic oxidation sites excluding steroid dienone is 1. The van der Waals surface area contributed by atoms with E-state index in [0.29, 0.717) is 23.5 Å². The first-order chi connectivity index (χ1) is 16.0. The number of aromatic nitrogens is 5. The Balaban J connectivity index is 1.60. The number of rotatable bonds is 9. The third-order valence-electron chi connectivity index (χ3n) is 5.28. The first kappa shape index (κ1) is 22.4. The molecule has 0 spiro atoms. The van der Waals surface area contributed by atoms with Crippen LogP contribution in [0.1, 0.15) is 19.4 Å². The number of fused-ring (bicyclic) bond motifs is 1. The average Bonchev–Trinajstić information content (AvgIpc) is 3.26. The first-order valence-corrected chi connectivity index (χ1v) is 10.7. The van der Waals surface area contributed by atoms with Crippen LogP contribution in [0.25, 0.3) is 28.1 Å². The summed E-state index contributed by atoms with van der Waals surface area (Å²) >= 11 is 0. The third kappa shape index (κ3) is 5.00. The molecule has 9 heteroatoms. The van der Waals surface area contributed by atoms with Gasteiger partial charge in [0, 0.05) is 24.0 Å². The number of pyridine rings is 1. The Labute approximate surface area is 191 Å². The van der Waals surface area contributed by atoms with Gasteiger partial charge < -0.3 is 20.8 Å². The summed E-state index contributed by atoms with van der Waals surface area (Å²) in [4.78, 5) is 17.9. The number of benzene rings is 1. The lowest BCUT2D eigenvalue weighted by molar-refractivity contribution is 0.132. The fraction of sp³-hybridized carbons (Fsp3) is 0.250. The second-order valence-corrected chi connectivity index (χ2v) is 7.86. The second kappa shape index (κ2) is 9.76. The minimum Gasteiger partial charge on any atom is -0.394 e. The molecule has 0 amide bonds. The Morgan fingerprint density at radius 1 is 1.12 bits per heavy atom. The quantitative estimate of drug-likeness (QED) is 0.310. The number of aliphatic hydroxyl groups is 2. The lowest BCUT2D eigenvalue weighted by Gasteiger charge is -2.19. The van der Waals surface area contributed by atoms with Gasteiger partial charge in [0.15, 0.2) is 17.0 Å². The standard InChI is InChI=1S/C24H27N7O2/c1-15(2)31-14-27-21-22(29-24(30-23(21)31)28-20(13-32)16(3)33)26-12-17-7-9-18(10-8-17)19-6-4-5-11-25-19/h4-11,14,16,20,32-33H,1,12-13H2,2-3H3,(H2,26,28,29,30)/t16-,20-/m1/s1. The predicted molar refractivity (Wildman–Crippen MR) is 130 cm³/mol. The van der Waals surface area contributed by atoms with Crippen molar-refractivity contribution in [1.29, 1.82) is 0 Å². The van der Waals surface area contributed by atoms with Crippen LogP contribution in [0.5, 0.6) is 0 Å². The van der Waals surface area contributed by atoms with Crippen molar-refractivity contribution in [2.24, 2.45) is 0 Å². The van der Waals surface area contributed by atoms with E-state index in [1.807, 2.05) is 49.4 Å². The molecule has 4 N–H and O–H groups in total. The molecule has 0 saturated heterocycles. The number of nitrogens with zero attached hydrogens (tertiary/aromatic N) is 5. The molecular weight excluding hydrogens is 418 g/mol. The summed E-state index contributed by atoms with van der Waals surface area (Å²) in [6, 6.07) is 13.4.